The summed E-state index contributed by atoms with van der Waals surface area (Å²) < 4.78 is 0. The first-order valence-electron chi connectivity index (χ1n) is 8.31. The van der Waals surface area contributed by atoms with Crippen LogP contribution in [0.1, 0.15) is 51.9 Å². The molecule has 1 saturated heterocycles. The molecule has 0 aromatic carbocycles. The Hall–Kier alpha value is -1.89. The van der Waals surface area contributed by atoms with Crippen LogP contribution >= 0.6 is 0 Å². The highest BCUT2D eigenvalue weighted by atomic mass is 16.3. The summed E-state index contributed by atoms with van der Waals surface area (Å²) in [5.41, 5.74) is 0.169. The van der Waals surface area contributed by atoms with Gasteiger partial charge in [0, 0.05) is 25.9 Å². The van der Waals surface area contributed by atoms with E-state index in [0.29, 0.717) is 25.9 Å². The highest BCUT2D eigenvalue weighted by Gasteiger charge is 2.42. The number of likely N-dealkylation sites (tertiary alicyclic amines) is 1. The van der Waals surface area contributed by atoms with Gasteiger partial charge in [-0.3, -0.25) is 14.7 Å². The standard InChI is InChI=1S/C17H28N4O3/c1-12(22)21-8-6-7-17(24,11-21)15(23)20(5)10-13-9-14(19-18-13)16(2,3)4/h9,24H,6-8,10-11H2,1-5H3,(H,18,19)/t17-/m1/s1. The van der Waals surface area contributed by atoms with Crippen molar-refractivity contribution in [2.24, 2.45) is 0 Å². The minimum absolute atomic E-state index is 0.0573. The average Bonchev–Trinajstić information content (AvgIpc) is 2.95. The topological polar surface area (TPSA) is 89.5 Å². The van der Waals surface area contributed by atoms with Crippen molar-refractivity contribution in [3.8, 4) is 0 Å². The number of H-pyrrole nitrogens is 1. The number of hydrogen-bond donors (Lipinski definition) is 2. The maximum atomic E-state index is 12.7. The van der Waals surface area contributed by atoms with Gasteiger partial charge < -0.3 is 14.9 Å². The fraction of sp³-hybridized carbons (Fsp3) is 0.706. The molecule has 0 unspecified atom stereocenters. The van der Waals surface area contributed by atoms with Crippen molar-refractivity contribution in [3.05, 3.63) is 17.5 Å². The van der Waals surface area contributed by atoms with E-state index in [1.807, 2.05) is 6.07 Å². The molecule has 0 radical (unpaired) electrons. The molecule has 0 bridgehead atoms. The number of aromatic amines is 1. The summed E-state index contributed by atoms with van der Waals surface area (Å²) in [5, 5.41) is 18.0. The number of aliphatic hydroxyl groups is 1. The highest BCUT2D eigenvalue weighted by molar-refractivity contribution is 5.86. The second-order valence-corrected chi connectivity index (χ2v) is 7.77. The zero-order valence-electron chi connectivity index (χ0n) is 15.2. The van der Waals surface area contributed by atoms with Crippen LogP contribution < -0.4 is 0 Å². The number of nitrogens with one attached hydrogen (secondary N) is 1. The Bertz CT molecular complexity index is 620. The van der Waals surface area contributed by atoms with Gasteiger partial charge in [0.2, 0.25) is 5.91 Å². The molecule has 2 amide bonds. The zero-order chi connectivity index (χ0) is 18.1. The Kier molecular flexibility index (Phi) is 5.03. The smallest absolute Gasteiger partial charge is 0.256 e. The Morgan fingerprint density at radius 3 is 2.67 bits per heavy atom. The fourth-order valence-corrected chi connectivity index (χ4v) is 2.99. The molecule has 0 saturated carbocycles. The number of hydrogen-bond acceptors (Lipinski definition) is 4. The minimum Gasteiger partial charge on any atom is -0.378 e. The van der Waals surface area contributed by atoms with Crippen molar-refractivity contribution in [2.75, 3.05) is 20.1 Å². The molecule has 1 aliphatic heterocycles. The molecule has 1 aliphatic rings. The van der Waals surface area contributed by atoms with E-state index in [-0.39, 0.29) is 23.8 Å². The second kappa shape index (κ2) is 6.55. The van der Waals surface area contributed by atoms with E-state index in [0.717, 1.165) is 11.4 Å². The van der Waals surface area contributed by atoms with Gasteiger partial charge in [-0.05, 0) is 18.9 Å². The molecule has 7 nitrogen and oxygen atoms in total. The molecule has 1 fully saturated rings. The van der Waals surface area contributed by atoms with Crippen molar-refractivity contribution in [1.29, 1.82) is 0 Å². The highest BCUT2D eigenvalue weighted by Crippen LogP contribution is 2.25. The van der Waals surface area contributed by atoms with E-state index >= 15 is 0 Å². The summed E-state index contributed by atoms with van der Waals surface area (Å²) >= 11 is 0. The molecular formula is C17H28N4O3. The summed E-state index contributed by atoms with van der Waals surface area (Å²) in [6.07, 6.45) is 0.990. The number of β-amino-alcohol motifs (C(OH)–C–C–N with tert-alkyl or cyclic N) is 1. The number of aromatic nitrogens is 2. The van der Waals surface area contributed by atoms with Crippen molar-refractivity contribution in [3.63, 3.8) is 0 Å². The van der Waals surface area contributed by atoms with Gasteiger partial charge >= 0.3 is 0 Å². The van der Waals surface area contributed by atoms with Crippen LogP contribution in [0.4, 0.5) is 0 Å². The van der Waals surface area contributed by atoms with Crippen LogP contribution in [0.5, 0.6) is 0 Å². The monoisotopic (exact) mass is 336 g/mol. The molecule has 1 aromatic rings. The average molecular weight is 336 g/mol. The summed E-state index contributed by atoms with van der Waals surface area (Å²) in [6.45, 7) is 8.66. The van der Waals surface area contributed by atoms with Crippen LogP contribution in [0, 0.1) is 0 Å². The Balaban J connectivity index is 2.06. The molecule has 134 valence electrons. The van der Waals surface area contributed by atoms with E-state index in [4.69, 9.17) is 0 Å². The molecule has 7 heteroatoms. The van der Waals surface area contributed by atoms with E-state index in [1.165, 1.54) is 16.7 Å². The van der Waals surface area contributed by atoms with Crippen molar-refractivity contribution < 1.29 is 14.7 Å². The quantitative estimate of drug-likeness (QED) is 0.863. The lowest BCUT2D eigenvalue weighted by molar-refractivity contribution is -0.159. The number of piperidine rings is 1. The third-order valence-electron chi connectivity index (χ3n) is 4.47. The van der Waals surface area contributed by atoms with Gasteiger partial charge in [-0.2, -0.15) is 5.10 Å². The molecule has 0 spiro atoms. The molecule has 1 atom stereocenters. The van der Waals surface area contributed by atoms with Crippen LogP contribution in [-0.2, 0) is 21.5 Å². The zero-order valence-corrected chi connectivity index (χ0v) is 15.2. The second-order valence-electron chi connectivity index (χ2n) is 7.77. The maximum absolute atomic E-state index is 12.7. The molecule has 1 aromatic heterocycles. The first kappa shape index (κ1) is 18.4. The van der Waals surface area contributed by atoms with E-state index in [1.54, 1.807) is 7.05 Å². The van der Waals surface area contributed by atoms with E-state index in [2.05, 4.69) is 31.0 Å². The normalized spacial score (nSPS) is 21.7. The summed E-state index contributed by atoms with van der Waals surface area (Å²) in [7, 11) is 1.66. The van der Waals surface area contributed by atoms with Gasteiger partial charge in [-0.15, -0.1) is 0 Å². The molecule has 2 N–H and O–H groups in total. The van der Waals surface area contributed by atoms with Gasteiger partial charge in [0.05, 0.1) is 24.5 Å². The number of likely N-dealkylation sites (N-methyl/N-ethyl adjacent to an activating group) is 1. The third kappa shape index (κ3) is 3.95. The van der Waals surface area contributed by atoms with Gasteiger partial charge in [-0.1, -0.05) is 20.8 Å². The molecular weight excluding hydrogens is 308 g/mol. The van der Waals surface area contributed by atoms with Crippen LogP contribution in [0.2, 0.25) is 0 Å². The summed E-state index contributed by atoms with van der Waals surface area (Å²) in [6, 6.07) is 1.94. The number of carbonyl (C=O) groups is 2. The van der Waals surface area contributed by atoms with Gasteiger partial charge in [-0.25, -0.2) is 0 Å². The third-order valence-corrected chi connectivity index (χ3v) is 4.47. The molecule has 2 rings (SSSR count). The lowest BCUT2D eigenvalue weighted by Crippen LogP contribution is -2.58. The Morgan fingerprint density at radius 1 is 1.46 bits per heavy atom. The van der Waals surface area contributed by atoms with Gasteiger partial charge in [0.25, 0.3) is 5.91 Å². The van der Waals surface area contributed by atoms with E-state index < -0.39 is 5.60 Å². The first-order chi connectivity index (χ1) is 11.0. The Morgan fingerprint density at radius 2 is 2.12 bits per heavy atom. The fourth-order valence-electron chi connectivity index (χ4n) is 2.99. The van der Waals surface area contributed by atoms with E-state index in [9.17, 15) is 14.7 Å². The maximum Gasteiger partial charge on any atom is 0.256 e. The van der Waals surface area contributed by atoms with Crippen LogP contribution in [0.25, 0.3) is 0 Å². The van der Waals surface area contributed by atoms with Crippen molar-refractivity contribution >= 4 is 11.8 Å². The SMILES string of the molecule is CC(=O)N1CCC[C@](O)(C(=O)N(C)Cc2cc(C(C)(C)C)n[nH]2)C1. The van der Waals surface area contributed by atoms with Crippen molar-refractivity contribution in [2.45, 2.75) is 58.1 Å². The largest absolute Gasteiger partial charge is 0.378 e. The predicted molar refractivity (Wildman–Crippen MR) is 90.2 cm³/mol. The van der Waals surface area contributed by atoms with Crippen LogP contribution in [0.15, 0.2) is 6.07 Å². The van der Waals surface area contributed by atoms with Gasteiger partial charge in [0.15, 0.2) is 5.60 Å². The minimum atomic E-state index is -1.51. The number of nitrogens with zero attached hydrogens (tertiary/aromatic N) is 3. The molecule has 24 heavy (non-hydrogen) atoms. The summed E-state index contributed by atoms with van der Waals surface area (Å²) in [5.74, 6) is -0.479. The summed E-state index contributed by atoms with van der Waals surface area (Å²) in [4.78, 5) is 27.3. The predicted octanol–water partition coefficient (Wildman–Crippen LogP) is 1.04. The lowest BCUT2D eigenvalue weighted by Gasteiger charge is -2.39. The number of amides is 2. The lowest BCUT2D eigenvalue weighted by atomic mass is 9.91. The van der Waals surface area contributed by atoms with Gasteiger partial charge in [0.1, 0.15) is 0 Å². The molecule has 2 heterocycles. The van der Waals surface area contributed by atoms with Crippen LogP contribution in [-0.4, -0.2) is 62.7 Å². The molecule has 0 aliphatic carbocycles. The number of carbonyl (C=O) groups excluding carboxylic acids is 2. The first-order valence-corrected chi connectivity index (χ1v) is 8.31. The Labute approximate surface area is 143 Å². The van der Waals surface area contributed by atoms with Crippen LogP contribution in [0.3, 0.4) is 0 Å². The number of rotatable bonds is 3. The van der Waals surface area contributed by atoms with Crippen molar-refractivity contribution in [1.82, 2.24) is 20.0 Å².